The number of ether oxygens (including phenoxy) is 1. The van der Waals surface area contributed by atoms with Crippen LogP contribution in [-0.4, -0.2) is 20.4 Å². The molecule has 0 unspecified atom stereocenters. The van der Waals surface area contributed by atoms with Crippen molar-refractivity contribution < 1.29 is 9.53 Å². The molecule has 3 heteroatoms. The molecule has 2 aromatic rings. The molecule has 3 nitrogen and oxygen atoms in total. The van der Waals surface area contributed by atoms with Crippen LogP contribution in [0, 0.1) is 0 Å². The average Bonchev–Trinajstić information content (AvgIpc) is 2.46. The summed E-state index contributed by atoms with van der Waals surface area (Å²) in [6.45, 7) is 0.516. The molecule has 0 heterocycles. The van der Waals surface area contributed by atoms with E-state index in [1.807, 2.05) is 26.2 Å². The standard InChI is InChI=1S/C16H17NO2/c1-17(2)15-5-3-4-14(10-15)12-19-16-8-6-13(11-18)7-9-16/h3-11H,12H2,1-2H3. The van der Waals surface area contributed by atoms with Crippen molar-refractivity contribution in [2.75, 3.05) is 19.0 Å². The topological polar surface area (TPSA) is 29.5 Å². The second kappa shape index (κ2) is 6.05. The maximum Gasteiger partial charge on any atom is 0.150 e. The van der Waals surface area contributed by atoms with Gasteiger partial charge in [-0.3, -0.25) is 4.79 Å². The Labute approximate surface area is 113 Å². The Morgan fingerprint density at radius 3 is 2.47 bits per heavy atom. The number of anilines is 1. The van der Waals surface area contributed by atoms with E-state index in [2.05, 4.69) is 17.0 Å². The third-order valence-corrected chi connectivity index (χ3v) is 2.85. The summed E-state index contributed by atoms with van der Waals surface area (Å²) in [6.07, 6.45) is 0.824. The van der Waals surface area contributed by atoms with Gasteiger partial charge < -0.3 is 9.64 Å². The molecule has 0 radical (unpaired) electrons. The zero-order valence-electron chi connectivity index (χ0n) is 11.2. The first-order valence-corrected chi connectivity index (χ1v) is 6.13. The van der Waals surface area contributed by atoms with Gasteiger partial charge in [0, 0.05) is 25.3 Å². The fourth-order valence-corrected chi connectivity index (χ4v) is 1.73. The predicted molar refractivity (Wildman–Crippen MR) is 76.9 cm³/mol. The molecule has 0 fully saturated rings. The summed E-state index contributed by atoms with van der Waals surface area (Å²) in [7, 11) is 4.02. The van der Waals surface area contributed by atoms with Crippen LogP contribution >= 0.6 is 0 Å². The van der Waals surface area contributed by atoms with E-state index < -0.39 is 0 Å². The maximum atomic E-state index is 10.6. The van der Waals surface area contributed by atoms with E-state index >= 15 is 0 Å². The highest BCUT2D eigenvalue weighted by Crippen LogP contribution is 2.17. The first-order valence-electron chi connectivity index (χ1n) is 6.13. The molecular weight excluding hydrogens is 238 g/mol. The zero-order valence-corrected chi connectivity index (χ0v) is 11.2. The summed E-state index contributed by atoms with van der Waals surface area (Å²) in [5, 5.41) is 0. The predicted octanol–water partition coefficient (Wildman–Crippen LogP) is 3.14. The Balaban J connectivity index is 2.01. The van der Waals surface area contributed by atoms with E-state index in [9.17, 15) is 4.79 Å². The monoisotopic (exact) mass is 255 g/mol. The number of nitrogens with zero attached hydrogens (tertiary/aromatic N) is 1. The molecule has 2 aromatic carbocycles. The number of aldehydes is 1. The van der Waals surface area contributed by atoms with Crippen LogP contribution in [0.15, 0.2) is 48.5 Å². The van der Waals surface area contributed by atoms with E-state index in [1.54, 1.807) is 24.3 Å². The van der Waals surface area contributed by atoms with Crippen LogP contribution in [0.5, 0.6) is 5.75 Å². The minimum absolute atomic E-state index is 0.516. The number of carbonyl (C=O) groups is 1. The van der Waals surface area contributed by atoms with Gasteiger partial charge in [0.25, 0.3) is 0 Å². The lowest BCUT2D eigenvalue weighted by Crippen LogP contribution is -2.09. The molecule has 0 aliphatic rings. The molecular formula is C16H17NO2. The third kappa shape index (κ3) is 3.58. The molecule has 98 valence electrons. The van der Waals surface area contributed by atoms with E-state index in [0.29, 0.717) is 12.2 Å². The van der Waals surface area contributed by atoms with Gasteiger partial charge in [-0.05, 0) is 42.0 Å². The lowest BCUT2D eigenvalue weighted by atomic mass is 10.2. The van der Waals surface area contributed by atoms with Gasteiger partial charge in [-0.25, -0.2) is 0 Å². The fourth-order valence-electron chi connectivity index (χ4n) is 1.73. The van der Waals surface area contributed by atoms with Gasteiger partial charge in [-0.2, -0.15) is 0 Å². The second-order valence-corrected chi connectivity index (χ2v) is 4.54. The van der Waals surface area contributed by atoms with E-state index in [-0.39, 0.29) is 0 Å². The highest BCUT2D eigenvalue weighted by atomic mass is 16.5. The molecule has 19 heavy (non-hydrogen) atoms. The first-order chi connectivity index (χ1) is 9.19. The van der Waals surface area contributed by atoms with Crippen molar-refractivity contribution in [2.24, 2.45) is 0 Å². The van der Waals surface area contributed by atoms with Crippen LogP contribution in [-0.2, 0) is 6.61 Å². The van der Waals surface area contributed by atoms with Gasteiger partial charge in [0.2, 0.25) is 0 Å². The molecule has 0 aliphatic carbocycles. The summed E-state index contributed by atoms with van der Waals surface area (Å²) in [6, 6.07) is 15.3. The van der Waals surface area contributed by atoms with Gasteiger partial charge in [-0.1, -0.05) is 12.1 Å². The second-order valence-electron chi connectivity index (χ2n) is 4.54. The van der Waals surface area contributed by atoms with E-state index in [1.165, 1.54) is 0 Å². The average molecular weight is 255 g/mol. The summed E-state index contributed by atoms with van der Waals surface area (Å²) in [4.78, 5) is 12.6. The quantitative estimate of drug-likeness (QED) is 0.769. The van der Waals surface area contributed by atoms with Gasteiger partial charge in [-0.15, -0.1) is 0 Å². The SMILES string of the molecule is CN(C)c1cccc(COc2ccc(C=O)cc2)c1. The normalized spacial score (nSPS) is 10.0. The zero-order chi connectivity index (χ0) is 13.7. The summed E-state index contributed by atoms with van der Waals surface area (Å²) >= 11 is 0. The largest absolute Gasteiger partial charge is 0.489 e. The molecule has 0 atom stereocenters. The molecule has 0 aliphatic heterocycles. The smallest absolute Gasteiger partial charge is 0.150 e. The molecule has 0 bridgehead atoms. The Morgan fingerprint density at radius 1 is 1.11 bits per heavy atom. The molecule has 0 spiro atoms. The van der Waals surface area contributed by atoms with Crippen LogP contribution in [0.4, 0.5) is 5.69 Å². The highest BCUT2D eigenvalue weighted by molar-refractivity contribution is 5.74. The van der Waals surface area contributed by atoms with Crippen molar-refractivity contribution in [3.8, 4) is 5.75 Å². The van der Waals surface area contributed by atoms with Crippen molar-refractivity contribution >= 4 is 12.0 Å². The van der Waals surface area contributed by atoms with Crippen molar-refractivity contribution in [1.82, 2.24) is 0 Å². The Bertz CT molecular complexity index is 547. The van der Waals surface area contributed by atoms with Crippen molar-refractivity contribution in [2.45, 2.75) is 6.61 Å². The number of hydrogen-bond acceptors (Lipinski definition) is 3. The Kier molecular flexibility index (Phi) is 4.18. The third-order valence-electron chi connectivity index (χ3n) is 2.85. The first kappa shape index (κ1) is 13.1. The van der Waals surface area contributed by atoms with Crippen molar-refractivity contribution in [1.29, 1.82) is 0 Å². The Morgan fingerprint density at radius 2 is 1.84 bits per heavy atom. The molecule has 2 rings (SSSR count). The fraction of sp³-hybridized carbons (Fsp3) is 0.188. The minimum atomic E-state index is 0.516. The van der Waals surface area contributed by atoms with Crippen molar-refractivity contribution in [3.63, 3.8) is 0 Å². The van der Waals surface area contributed by atoms with Crippen LogP contribution in [0.1, 0.15) is 15.9 Å². The van der Waals surface area contributed by atoms with Crippen molar-refractivity contribution in [3.05, 3.63) is 59.7 Å². The minimum Gasteiger partial charge on any atom is -0.489 e. The summed E-state index contributed by atoms with van der Waals surface area (Å²) in [5.41, 5.74) is 2.92. The van der Waals surface area contributed by atoms with Gasteiger partial charge in [0.15, 0.2) is 0 Å². The molecule has 0 saturated heterocycles. The van der Waals surface area contributed by atoms with Crippen LogP contribution < -0.4 is 9.64 Å². The van der Waals surface area contributed by atoms with E-state index in [4.69, 9.17) is 4.74 Å². The summed E-state index contributed by atoms with van der Waals surface area (Å²) in [5.74, 6) is 0.765. The summed E-state index contributed by atoms with van der Waals surface area (Å²) < 4.78 is 5.69. The van der Waals surface area contributed by atoms with Gasteiger partial charge in [0.05, 0.1) is 0 Å². The lowest BCUT2D eigenvalue weighted by molar-refractivity contribution is 0.112. The van der Waals surface area contributed by atoms with Crippen LogP contribution in [0.25, 0.3) is 0 Å². The number of carbonyl (C=O) groups excluding carboxylic acids is 1. The van der Waals surface area contributed by atoms with Crippen LogP contribution in [0.3, 0.4) is 0 Å². The molecule has 0 N–H and O–H groups in total. The maximum absolute atomic E-state index is 10.6. The van der Waals surface area contributed by atoms with Crippen LogP contribution in [0.2, 0.25) is 0 Å². The Hall–Kier alpha value is -2.29. The number of benzene rings is 2. The van der Waals surface area contributed by atoms with Gasteiger partial charge in [0.1, 0.15) is 18.6 Å². The molecule has 0 amide bonds. The van der Waals surface area contributed by atoms with E-state index in [0.717, 1.165) is 23.3 Å². The van der Waals surface area contributed by atoms with Gasteiger partial charge >= 0.3 is 0 Å². The lowest BCUT2D eigenvalue weighted by Gasteiger charge is -2.14. The molecule has 0 saturated carbocycles. The number of hydrogen-bond donors (Lipinski definition) is 0. The highest BCUT2D eigenvalue weighted by Gasteiger charge is 1.99. The molecule has 0 aromatic heterocycles. The number of rotatable bonds is 5.